The van der Waals surface area contributed by atoms with Gasteiger partial charge in [-0.3, -0.25) is 14.5 Å². The van der Waals surface area contributed by atoms with Crippen LogP contribution in [-0.2, 0) is 16.2 Å². The summed E-state index contributed by atoms with van der Waals surface area (Å²) in [5, 5.41) is 15.1. The number of carbonyl (C=O) groups is 2. The van der Waals surface area contributed by atoms with Crippen molar-refractivity contribution >= 4 is 23.3 Å². The third-order valence-corrected chi connectivity index (χ3v) is 6.17. The first kappa shape index (κ1) is 24.8. The number of aryl methyl sites for hydroxylation is 1. The molecular formula is C29H23FN2O6. The number of hydrogen-bond donors (Lipinski definition) is 1. The summed E-state index contributed by atoms with van der Waals surface area (Å²) in [7, 11) is 1.48. The van der Waals surface area contributed by atoms with Crippen molar-refractivity contribution in [3.05, 3.63) is 113 Å². The summed E-state index contributed by atoms with van der Waals surface area (Å²) < 4.78 is 30.2. The number of anilines is 1. The lowest BCUT2D eigenvalue weighted by atomic mass is 9.95. The van der Waals surface area contributed by atoms with Crippen molar-refractivity contribution in [3.8, 4) is 11.5 Å². The van der Waals surface area contributed by atoms with E-state index in [1.54, 1.807) is 25.1 Å². The van der Waals surface area contributed by atoms with Gasteiger partial charge in [0.05, 0.1) is 18.7 Å². The molecule has 1 N–H and O–H groups in total. The van der Waals surface area contributed by atoms with E-state index in [1.165, 1.54) is 25.3 Å². The van der Waals surface area contributed by atoms with Crippen molar-refractivity contribution < 1.29 is 33.1 Å². The van der Waals surface area contributed by atoms with Gasteiger partial charge in [0, 0.05) is 11.6 Å². The normalized spacial score (nSPS) is 16.6. The highest BCUT2D eigenvalue weighted by molar-refractivity contribution is 6.51. The fourth-order valence-corrected chi connectivity index (χ4v) is 4.32. The molecule has 1 unspecified atom stereocenters. The summed E-state index contributed by atoms with van der Waals surface area (Å²) in [5.74, 6) is -1.41. The zero-order chi connectivity index (χ0) is 26.8. The molecule has 1 aliphatic rings. The molecule has 1 aromatic heterocycles. The Labute approximate surface area is 217 Å². The number of methoxy groups -OCH3 is 1. The Morgan fingerprint density at radius 3 is 2.42 bits per heavy atom. The van der Waals surface area contributed by atoms with Gasteiger partial charge in [-0.2, -0.15) is 0 Å². The Bertz CT molecular complexity index is 1530. The predicted octanol–water partition coefficient (Wildman–Crippen LogP) is 5.34. The van der Waals surface area contributed by atoms with Gasteiger partial charge >= 0.3 is 5.91 Å². The maximum Gasteiger partial charge on any atom is 0.301 e. The van der Waals surface area contributed by atoms with E-state index in [0.29, 0.717) is 29.4 Å². The van der Waals surface area contributed by atoms with Gasteiger partial charge in [-0.15, -0.1) is 0 Å². The molecule has 192 valence electrons. The molecule has 0 spiro atoms. The van der Waals surface area contributed by atoms with Crippen LogP contribution >= 0.6 is 0 Å². The zero-order valence-corrected chi connectivity index (χ0v) is 20.6. The van der Waals surface area contributed by atoms with Crippen LogP contribution in [0.4, 0.5) is 10.2 Å². The van der Waals surface area contributed by atoms with E-state index in [4.69, 9.17) is 14.0 Å². The van der Waals surface area contributed by atoms with E-state index in [1.807, 2.05) is 30.3 Å². The van der Waals surface area contributed by atoms with Crippen LogP contribution in [0.3, 0.4) is 0 Å². The molecule has 1 aliphatic heterocycles. The van der Waals surface area contributed by atoms with Crippen LogP contribution in [0.2, 0.25) is 0 Å². The fourth-order valence-electron chi connectivity index (χ4n) is 4.32. The van der Waals surface area contributed by atoms with Gasteiger partial charge in [-0.05, 0) is 54.4 Å². The monoisotopic (exact) mass is 514 g/mol. The molecule has 0 aliphatic carbocycles. The Hall–Kier alpha value is -4.92. The summed E-state index contributed by atoms with van der Waals surface area (Å²) in [6.07, 6.45) is 0. The predicted molar refractivity (Wildman–Crippen MR) is 136 cm³/mol. The van der Waals surface area contributed by atoms with Crippen LogP contribution < -0.4 is 14.4 Å². The lowest BCUT2D eigenvalue weighted by molar-refractivity contribution is -0.132. The lowest BCUT2D eigenvalue weighted by Crippen LogP contribution is -2.29. The summed E-state index contributed by atoms with van der Waals surface area (Å²) in [6.45, 7) is 1.96. The highest BCUT2D eigenvalue weighted by atomic mass is 19.1. The Morgan fingerprint density at radius 1 is 1.03 bits per heavy atom. The number of benzene rings is 3. The molecule has 4 aromatic rings. The molecule has 0 bridgehead atoms. The highest BCUT2D eigenvalue weighted by Crippen LogP contribution is 2.44. The number of aromatic nitrogens is 1. The maximum atomic E-state index is 13.5. The van der Waals surface area contributed by atoms with E-state index >= 15 is 0 Å². The molecule has 1 amide bonds. The van der Waals surface area contributed by atoms with Crippen LogP contribution in [0.25, 0.3) is 5.76 Å². The second-order valence-corrected chi connectivity index (χ2v) is 8.66. The average molecular weight is 515 g/mol. The molecule has 1 atom stereocenters. The molecule has 1 fully saturated rings. The van der Waals surface area contributed by atoms with E-state index in [0.717, 1.165) is 22.6 Å². The number of aliphatic hydroxyl groups is 1. The number of ether oxygens (including phenoxy) is 2. The molecule has 9 heteroatoms. The van der Waals surface area contributed by atoms with Crippen molar-refractivity contribution in [3.63, 3.8) is 0 Å². The van der Waals surface area contributed by atoms with E-state index in [-0.39, 0.29) is 17.0 Å². The third kappa shape index (κ3) is 4.61. The van der Waals surface area contributed by atoms with Crippen molar-refractivity contribution in [1.29, 1.82) is 0 Å². The average Bonchev–Trinajstić information content (AvgIpc) is 3.48. The first-order valence-electron chi connectivity index (χ1n) is 11.7. The van der Waals surface area contributed by atoms with E-state index in [9.17, 15) is 19.1 Å². The molecular weight excluding hydrogens is 491 g/mol. The SMILES string of the molecule is COc1cc(C2/C(=C(/O)c3ccc(F)cc3)C(=O)C(=O)N2c2cc(C)on2)ccc1OCc1ccccc1. The van der Waals surface area contributed by atoms with Crippen molar-refractivity contribution in [2.45, 2.75) is 19.6 Å². The number of amides is 1. The summed E-state index contributed by atoms with van der Waals surface area (Å²) in [6, 6.07) is 20.0. The number of nitrogens with zero attached hydrogens (tertiary/aromatic N) is 2. The van der Waals surface area contributed by atoms with Gasteiger partial charge in [0.25, 0.3) is 5.78 Å². The standard InChI is InChI=1S/C29H23FN2O6/c1-17-14-24(31-38-17)32-26(25(28(34)29(32)35)27(33)19-8-11-21(30)12-9-19)20-10-13-22(23(15-20)36-2)37-16-18-6-4-3-5-7-18/h3-15,26,33H,16H2,1-2H3/b27-25-. The molecule has 38 heavy (non-hydrogen) atoms. The molecule has 2 heterocycles. The van der Waals surface area contributed by atoms with Crippen LogP contribution in [0.15, 0.2) is 89.0 Å². The number of carbonyl (C=O) groups excluding carboxylic acids is 2. The fraction of sp³-hybridized carbons (Fsp3) is 0.138. The van der Waals surface area contributed by atoms with Crippen LogP contribution in [-0.4, -0.2) is 29.1 Å². The van der Waals surface area contributed by atoms with Crippen molar-refractivity contribution in [2.24, 2.45) is 0 Å². The first-order valence-corrected chi connectivity index (χ1v) is 11.7. The molecule has 0 saturated carbocycles. The van der Waals surface area contributed by atoms with Gasteiger partial charge in [-0.25, -0.2) is 4.39 Å². The lowest BCUT2D eigenvalue weighted by Gasteiger charge is -2.23. The number of rotatable bonds is 7. The van der Waals surface area contributed by atoms with Crippen molar-refractivity contribution in [2.75, 3.05) is 12.0 Å². The third-order valence-electron chi connectivity index (χ3n) is 6.17. The number of halogens is 1. The Morgan fingerprint density at radius 2 is 1.76 bits per heavy atom. The molecule has 5 rings (SSSR count). The largest absolute Gasteiger partial charge is 0.507 e. The minimum atomic E-state index is -1.07. The first-order chi connectivity index (χ1) is 18.4. The Kier molecular flexibility index (Phi) is 6.66. The topological polar surface area (TPSA) is 102 Å². The minimum absolute atomic E-state index is 0.108. The quantitative estimate of drug-likeness (QED) is 0.202. The van der Waals surface area contributed by atoms with Gasteiger partial charge in [-0.1, -0.05) is 41.6 Å². The van der Waals surface area contributed by atoms with Gasteiger partial charge in [0.2, 0.25) is 0 Å². The van der Waals surface area contributed by atoms with Gasteiger partial charge in [0.15, 0.2) is 17.3 Å². The van der Waals surface area contributed by atoms with Crippen LogP contribution in [0.1, 0.15) is 28.5 Å². The maximum absolute atomic E-state index is 13.5. The number of aliphatic hydroxyl groups excluding tert-OH is 1. The minimum Gasteiger partial charge on any atom is -0.507 e. The number of ketones is 1. The summed E-state index contributed by atoms with van der Waals surface area (Å²) in [5.41, 5.74) is 1.42. The smallest absolute Gasteiger partial charge is 0.301 e. The van der Waals surface area contributed by atoms with Gasteiger partial charge < -0.3 is 19.1 Å². The summed E-state index contributed by atoms with van der Waals surface area (Å²) in [4.78, 5) is 27.6. The number of Topliss-reactive ketones (excluding diaryl/α,β-unsaturated/α-hetero) is 1. The van der Waals surface area contributed by atoms with Crippen LogP contribution in [0, 0.1) is 12.7 Å². The van der Waals surface area contributed by atoms with E-state index < -0.39 is 29.3 Å². The second-order valence-electron chi connectivity index (χ2n) is 8.66. The molecule has 0 radical (unpaired) electrons. The van der Waals surface area contributed by atoms with E-state index in [2.05, 4.69) is 5.16 Å². The van der Waals surface area contributed by atoms with Crippen molar-refractivity contribution in [1.82, 2.24) is 5.16 Å². The highest BCUT2D eigenvalue weighted by Gasteiger charge is 2.48. The molecule has 3 aromatic carbocycles. The second kappa shape index (κ2) is 10.2. The number of hydrogen-bond acceptors (Lipinski definition) is 7. The Balaban J connectivity index is 1.60. The van der Waals surface area contributed by atoms with Crippen LogP contribution in [0.5, 0.6) is 11.5 Å². The molecule has 8 nitrogen and oxygen atoms in total. The summed E-state index contributed by atoms with van der Waals surface area (Å²) >= 11 is 0. The van der Waals surface area contributed by atoms with Gasteiger partial charge in [0.1, 0.15) is 23.9 Å². The zero-order valence-electron chi connectivity index (χ0n) is 20.6. The molecule has 1 saturated heterocycles.